The Morgan fingerprint density at radius 2 is 1.70 bits per heavy atom. The molecule has 3 aromatic rings. The Morgan fingerprint density at radius 1 is 1.03 bits per heavy atom. The Balaban J connectivity index is 1.97. The number of carboxylic acid groups (broad SMARTS) is 1. The SMILES string of the molecule is CC(C)(C)C(NC(=O)c1ccc2ccccc2c1OCc1ccc(Br)cc1)C(=O)O. The van der Waals surface area contributed by atoms with Crippen molar-refractivity contribution in [3.05, 3.63) is 76.3 Å². The van der Waals surface area contributed by atoms with E-state index in [4.69, 9.17) is 4.74 Å². The van der Waals surface area contributed by atoms with Crippen LogP contribution in [0.4, 0.5) is 0 Å². The Hall–Kier alpha value is -2.86. The van der Waals surface area contributed by atoms with Gasteiger partial charge in [0.15, 0.2) is 0 Å². The lowest BCUT2D eigenvalue weighted by molar-refractivity contribution is -0.142. The van der Waals surface area contributed by atoms with Crippen molar-refractivity contribution < 1.29 is 19.4 Å². The van der Waals surface area contributed by atoms with Crippen molar-refractivity contribution in [3.8, 4) is 5.75 Å². The minimum absolute atomic E-state index is 0.281. The average molecular weight is 470 g/mol. The Morgan fingerprint density at radius 3 is 2.33 bits per heavy atom. The van der Waals surface area contributed by atoms with Gasteiger partial charge in [0, 0.05) is 9.86 Å². The second-order valence-corrected chi connectivity index (χ2v) is 9.10. The van der Waals surface area contributed by atoms with Crippen LogP contribution in [-0.4, -0.2) is 23.0 Å². The molecule has 1 amide bonds. The highest BCUT2D eigenvalue weighted by Gasteiger charge is 2.33. The molecule has 0 aliphatic heterocycles. The quantitative estimate of drug-likeness (QED) is 0.505. The van der Waals surface area contributed by atoms with Crippen LogP contribution in [0.25, 0.3) is 10.8 Å². The second-order valence-electron chi connectivity index (χ2n) is 8.19. The maximum absolute atomic E-state index is 13.1. The van der Waals surface area contributed by atoms with E-state index < -0.39 is 23.3 Å². The molecule has 0 aliphatic carbocycles. The lowest BCUT2D eigenvalue weighted by Gasteiger charge is -2.28. The number of hydrogen-bond donors (Lipinski definition) is 2. The number of benzene rings is 3. The summed E-state index contributed by atoms with van der Waals surface area (Å²) in [6, 6.07) is 17.8. The van der Waals surface area contributed by atoms with E-state index in [1.165, 1.54) is 0 Å². The van der Waals surface area contributed by atoms with Gasteiger partial charge in [-0.3, -0.25) is 4.79 Å². The zero-order valence-electron chi connectivity index (χ0n) is 17.1. The molecule has 1 unspecified atom stereocenters. The topological polar surface area (TPSA) is 75.6 Å². The van der Waals surface area contributed by atoms with E-state index in [1.54, 1.807) is 26.8 Å². The van der Waals surface area contributed by atoms with Gasteiger partial charge in [-0.1, -0.05) is 79.2 Å². The molecule has 0 saturated heterocycles. The van der Waals surface area contributed by atoms with Gasteiger partial charge in [-0.2, -0.15) is 0 Å². The normalized spacial score (nSPS) is 12.4. The monoisotopic (exact) mass is 469 g/mol. The minimum atomic E-state index is -1.08. The number of fused-ring (bicyclic) bond motifs is 1. The first-order chi connectivity index (χ1) is 14.2. The van der Waals surface area contributed by atoms with E-state index in [9.17, 15) is 14.7 Å². The molecule has 5 nitrogen and oxygen atoms in total. The molecule has 0 fully saturated rings. The molecule has 0 aliphatic rings. The molecule has 0 saturated carbocycles. The number of aliphatic carboxylic acids is 1. The van der Waals surface area contributed by atoms with Gasteiger partial charge in [-0.15, -0.1) is 0 Å². The molecular formula is C24H24BrNO4. The van der Waals surface area contributed by atoms with Crippen LogP contribution in [0.5, 0.6) is 5.75 Å². The Labute approximate surface area is 184 Å². The van der Waals surface area contributed by atoms with Gasteiger partial charge in [-0.25, -0.2) is 4.79 Å². The van der Waals surface area contributed by atoms with Gasteiger partial charge in [0.1, 0.15) is 18.4 Å². The average Bonchev–Trinajstić information content (AvgIpc) is 2.70. The molecule has 3 rings (SSSR count). The molecule has 1 atom stereocenters. The van der Waals surface area contributed by atoms with E-state index in [2.05, 4.69) is 21.2 Å². The van der Waals surface area contributed by atoms with Crippen LogP contribution in [0.15, 0.2) is 65.1 Å². The minimum Gasteiger partial charge on any atom is -0.487 e. The van der Waals surface area contributed by atoms with Crippen LogP contribution in [-0.2, 0) is 11.4 Å². The highest BCUT2D eigenvalue weighted by atomic mass is 79.9. The van der Waals surface area contributed by atoms with Crippen LogP contribution < -0.4 is 10.1 Å². The zero-order chi connectivity index (χ0) is 21.9. The summed E-state index contributed by atoms with van der Waals surface area (Å²) in [6.45, 7) is 5.61. The first-order valence-electron chi connectivity index (χ1n) is 9.59. The van der Waals surface area contributed by atoms with Gasteiger partial charge in [0.2, 0.25) is 0 Å². The molecule has 0 aromatic heterocycles. The Kier molecular flexibility index (Phi) is 6.46. The third-order valence-corrected chi connectivity index (χ3v) is 5.34. The van der Waals surface area contributed by atoms with E-state index >= 15 is 0 Å². The van der Waals surface area contributed by atoms with E-state index in [1.807, 2.05) is 54.6 Å². The number of amides is 1. The fourth-order valence-corrected chi connectivity index (χ4v) is 3.44. The van der Waals surface area contributed by atoms with Crippen LogP contribution >= 0.6 is 15.9 Å². The third kappa shape index (κ3) is 5.00. The van der Waals surface area contributed by atoms with Crippen molar-refractivity contribution in [1.82, 2.24) is 5.32 Å². The summed E-state index contributed by atoms with van der Waals surface area (Å²) >= 11 is 3.41. The molecule has 2 N–H and O–H groups in total. The predicted octanol–water partition coefficient (Wildman–Crippen LogP) is 5.41. The van der Waals surface area contributed by atoms with Gasteiger partial charge in [0.05, 0.1) is 5.56 Å². The summed E-state index contributed by atoms with van der Waals surface area (Å²) in [4.78, 5) is 24.8. The number of halogens is 1. The van der Waals surface area contributed by atoms with Crippen molar-refractivity contribution in [3.63, 3.8) is 0 Å². The Bertz CT molecular complexity index is 1070. The van der Waals surface area contributed by atoms with Crippen molar-refractivity contribution in [2.45, 2.75) is 33.4 Å². The maximum atomic E-state index is 13.1. The summed E-state index contributed by atoms with van der Waals surface area (Å²) < 4.78 is 7.07. The highest BCUT2D eigenvalue weighted by Crippen LogP contribution is 2.31. The number of rotatable bonds is 6. The van der Waals surface area contributed by atoms with Crippen molar-refractivity contribution in [2.24, 2.45) is 5.41 Å². The highest BCUT2D eigenvalue weighted by molar-refractivity contribution is 9.10. The van der Waals surface area contributed by atoms with E-state index in [0.717, 1.165) is 20.8 Å². The van der Waals surface area contributed by atoms with Crippen LogP contribution in [0.2, 0.25) is 0 Å². The summed E-state index contributed by atoms with van der Waals surface area (Å²) in [6.07, 6.45) is 0. The first-order valence-corrected chi connectivity index (χ1v) is 10.4. The number of carbonyl (C=O) groups excluding carboxylic acids is 1. The smallest absolute Gasteiger partial charge is 0.326 e. The predicted molar refractivity (Wildman–Crippen MR) is 121 cm³/mol. The number of nitrogens with one attached hydrogen (secondary N) is 1. The summed E-state index contributed by atoms with van der Waals surface area (Å²) in [7, 11) is 0. The van der Waals surface area contributed by atoms with Gasteiger partial charge >= 0.3 is 5.97 Å². The maximum Gasteiger partial charge on any atom is 0.326 e. The first kappa shape index (κ1) is 21.8. The molecule has 156 valence electrons. The van der Waals surface area contributed by atoms with Crippen molar-refractivity contribution >= 4 is 38.6 Å². The summed E-state index contributed by atoms with van der Waals surface area (Å²) in [5, 5.41) is 14.0. The molecule has 3 aromatic carbocycles. The van der Waals surface area contributed by atoms with Crippen LogP contribution in [0.1, 0.15) is 36.7 Å². The lowest BCUT2D eigenvalue weighted by atomic mass is 9.86. The lowest BCUT2D eigenvalue weighted by Crippen LogP contribution is -2.49. The van der Waals surface area contributed by atoms with Gasteiger partial charge in [0.25, 0.3) is 5.91 Å². The largest absolute Gasteiger partial charge is 0.487 e. The summed E-state index contributed by atoms with van der Waals surface area (Å²) in [5.74, 6) is -1.12. The van der Waals surface area contributed by atoms with E-state index in [-0.39, 0.29) is 6.61 Å². The van der Waals surface area contributed by atoms with Crippen LogP contribution in [0.3, 0.4) is 0 Å². The molecule has 0 radical (unpaired) electrons. The molecular weight excluding hydrogens is 446 g/mol. The van der Waals surface area contributed by atoms with Gasteiger partial charge < -0.3 is 15.2 Å². The number of hydrogen-bond acceptors (Lipinski definition) is 3. The van der Waals surface area contributed by atoms with E-state index in [0.29, 0.717) is 11.3 Å². The third-order valence-electron chi connectivity index (χ3n) is 4.81. The van der Waals surface area contributed by atoms with Crippen LogP contribution in [0, 0.1) is 5.41 Å². The number of carbonyl (C=O) groups is 2. The second kappa shape index (κ2) is 8.88. The van der Waals surface area contributed by atoms with Gasteiger partial charge in [-0.05, 0) is 34.6 Å². The molecule has 0 bridgehead atoms. The number of ether oxygens (including phenoxy) is 1. The molecule has 0 spiro atoms. The molecule has 0 heterocycles. The molecule has 30 heavy (non-hydrogen) atoms. The van der Waals surface area contributed by atoms with Crippen molar-refractivity contribution in [2.75, 3.05) is 0 Å². The van der Waals surface area contributed by atoms with Crippen molar-refractivity contribution in [1.29, 1.82) is 0 Å². The summed E-state index contributed by atoms with van der Waals surface area (Å²) in [5.41, 5.74) is 0.619. The fraction of sp³-hybridized carbons (Fsp3) is 0.250. The standard InChI is InChI=1S/C24H24BrNO4/c1-24(2,3)21(23(28)29)26-22(27)19-13-10-16-6-4-5-7-18(16)20(19)30-14-15-8-11-17(25)12-9-15/h4-13,21H,14H2,1-3H3,(H,26,27)(H,28,29). The molecule has 6 heteroatoms. The fourth-order valence-electron chi connectivity index (χ4n) is 3.17. The zero-order valence-corrected chi connectivity index (χ0v) is 18.7. The number of carboxylic acids is 1.